The molecule has 36 heavy (non-hydrogen) atoms. The molecule has 6 N–H and O–H groups in total. The Morgan fingerprint density at radius 2 is 1.89 bits per heavy atom. The lowest BCUT2D eigenvalue weighted by atomic mass is 10.1. The van der Waals surface area contributed by atoms with E-state index in [1.54, 1.807) is 5.43 Å². The first-order chi connectivity index (χ1) is 17.4. The zero-order valence-electron chi connectivity index (χ0n) is 19.6. The van der Waals surface area contributed by atoms with Crippen molar-refractivity contribution in [3.8, 4) is 0 Å². The molecule has 0 aliphatic carbocycles. The topological polar surface area (TPSA) is 177 Å². The van der Waals surface area contributed by atoms with E-state index in [4.69, 9.17) is 10.5 Å². The molecule has 0 saturated heterocycles. The predicted molar refractivity (Wildman–Crippen MR) is 134 cm³/mol. The van der Waals surface area contributed by atoms with Crippen molar-refractivity contribution in [2.24, 2.45) is 10.7 Å². The van der Waals surface area contributed by atoms with Gasteiger partial charge in [-0.25, -0.2) is 19.9 Å². The van der Waals surface area contributed by atoms with Crippen molar-refractivity contribution in [3.05, 3.63) is 82.0 Å². The summed E-state index contributed by atoms with van der Waals surface area (Å²) in [5, 5.41) is 16.1. The van der Waals surface area contributed by atoms with Crippen LogP contribution in [0.3, 0.4) is 0 Å². The van der Waals surface area contributed by atoms with E-state index in [1.165, 1.54) is 0 Å². The molecule has 0 spiro atoms. The number of guanidine groups is 1. The Kier molecular flexibility index (Phi) is 9.62. The molecule has 3 rings (SSSR count). The smallest absolute Gasteiger partial charge is 0.408 e. The Labute approximate surface area is 207 Å². The van der Waals surface area contributed by atoms with E-state index in [0.717, 1.165) is 22.0 Å². The van der Waals surface area contributed by atoms with Gasteiger partial charge in [-0.15, -0.1) is 0 Å². The monoisotopic (exact) mass is 495 g/mol. The fourth-order valence-electron chi connectivity index (χ4n) is 3.58. The largest absolute Gasteiger partial charge is 0.445 e. The molecule has 1 unspecified atom stereocenters. The van der Waals surface area contributed by atoms with Crippen molar-refractivity contribution in [2.45, 2.75) is 31.9 Å². The molecule has 0 bridgehead atoms. The SMILES string of the molecule is NC(=NCCCC(NC(=O)OCc1ccccc1)C(=O)NCCc1c[nH]c2ccccc12)N[N+](=O)[O-]. The Hall–Kier alpha value is -4.61. The van der Waals surface area contributed by atoms with Gasteiger partial charge in [0.05, 0.1) is 0 Å². The summed E-state index contributed by atoms with van der Waals surface area (Å²) in [6, 6.07) is 16.2. The predicted octanol–water partition coefficient (Wildman–Crippen LogP) is 2.00. The molecule has 1 heterocycles. The van der Waals surface area contributed by atoms with Crippen LogP contribution in [0.1, 0.15) is 24.0 Å². The number of aromatic nitrogens is 1. The van der Waals surface area contributed by atoms with Crippen LogP contribution in [0, 0.1) is 10.1 Å². The van der Waals surface area contributed by atoms with E-state index in [9.17, 15) is 19.7 Å². The fourth-order valence-corrected chi connectivity index (χ4v) is 3.58. The first-order valence-electron chi connectivity index (χ1n) is 11.4. The van der Waals surface area contributed by atoms with Crippen molar-refractivity contribution >= 4 is 28.9 Å². The highest BCUT2D eigenvalue weighted by atomic mass is 16.7. The molecular weight excluding hydrogens is 466 g/mol. The van der Waals surface area contributed by atoms with Crippen LogP contribution in [0.5, 0.6) is 0 Å². The first-order valence-corrected chi connectivity index (χ1v) is 11.4. The van der Waals surface area contributed by atoms with E-state index in [-0.39, 0.29) is 31.4 Å². The van der Waals surface area contributed by atoms with Gasteiger partial charge in [0.15, 0.2) is 5.03 Å². The summed E-state index contributed by atoms with van der Waals surface area (Å²) >= 11 is 0. The number of H-pyrrole nitrogens is 1. The van der Waals surface area contributed by atoms with Crippen LogP contribution >= 0.6 is 0 Å². The second kappa shape index (κ2) is 13.3. The average Bonchev–Trinajstić information content (AvgIpc) is 3.28. The lowest BCUT2D eigenvalue weighted by molar-refractivity contribution is -0.525. The van der Waals surface area contributed by atoms with Crippen LogP contribution in [-0.4, -0.2) is 47.1 Å². The zero-order chi connectivity index (χ0) is 25.8. The maximum atomic E-state index is 12.9. The normalized spacial score (nSPS) is 12.1. The summed E-state index contributed by atoms with van der Waals surface area (Å²) in [6.45, 7) is 0.567. The number of nitrogens with zero attached hydrogens (tertiary/aromatic N) is 2. The Morgan fingerprint density at radius 1 is 1.14 bits per heavy atom. The lowest BCUT2D eigenvalue weighted by Gasteiger charge is -2.18. The highest BCUT2D eigenvalue weighted by molar-refractivity contribution is 5.86. The van der Waals surface area contributed by atoms with E-state index >= 15 is 0 Å². The number of amides is 2. The number of carbonyl (C=O) groups excluding carboxylic acids is 2. The summed E-state index contributed by atoms with van der Waals surface area (Å²) in [5.74, 6) is -0.707. The molecule has 0 fully saturated rings. The highest BCUT2D eigenvalue weighted by Gasteiger charge is 2.21. The van der Waals surface area contributed by atoms with E-state index in [1.807, 2.05) is 60.8 Å². The summed E-state index contributed by atoms with van der Waals surface area (Å²) < 4.78 is 5.24. The number of aromatic amines is 1. The molecule has 0 aliphatic heterocycles. The molecule has 3 aromatic rings. The van der Waals surface area contributed by atoms with Crippen LogP contribution in [0.4, 0.5) is 4.79 Å². The molecule has 2 aromatic carbocycles. The van der Waals surface area contributed by atoms with Crippen molar-refractivity contribution in [2.75, 3.05) is 13.1 Å². The van der Waals surface area contributed by atoms with Gasteiger partial charge in [-0.1, -0.05) is 54.0 Å². The van der Waals surface area contributed by atoms with E-state index < -0.39 is 17.2 Å². The number of nitrogens with one attached hydrogen (secondary N) is 4. The molecule has 2 amide bonds. The maximum absolute atomic E-state index is 12.9. The molecule has 12 heteroatoms. The van der Waals surface area contributed by atoms with Gasteiger partial charge in [0.2, 0.25) is 5.91 Å². The van der Waals surface area contributed by atoms with Crippen molar-refractivity contribution in [3.63, 3.8) is 0 Å². The van der Waals surface area contributed by atoms with Crippen LogP contribution < -0.4 is 21.8 Å². The molecule has 0 aliphatic rings. The number of hydrogen-bond acceptors (Lipinski definition) is 6. The van der Waals surface area contributed by atoms with Gasteiger partial charge in [0.25, 0.3) is 5.96 Å². The molecule has 1 aromatic heterocycles. The highest BCUT2D eigenvalue weighted by Crippen LogP contribution is 2.17. The molecular formula is C24H29N7O5. The molecule has 190 valence electrons. The number of fused-ring (bicyclic) bond motifs is 1. The number of nitrogens with two attached hydrogens (primary N) is 1. The number of hydrogen-bond donors (Lipinski definition) is 5. The molecule has 0 saturated carbocycles. The minimum absolute atomic E-state index is 0.0644. The quantitative estimate of drug-likeness (QED) is 0.0838. The summed E-state index contributed by atoms with van der Waals surface area (Å²) in [4.78, 5) is 42.7. The summed E-state index contributed by atoms with van der Waals surface area (Å²) in [6.07, 6.45) is 2.37. The molecule has 12 nitrogen and oxygen atoms in total. The number of para-hydroxylation sites is 1. The first kappa shape index (κ1) is 26.0. The third kappa shape index (κ3) is 8.31. The Bertz CT molecular complexity index is 1200. The van der Waals surface area contributed by atoms with Crippen LogP contribution in [-0.2, 0) is 22.6 Å². The molecule has 1 atom stereocenters. The second-order valence-electron chi connectivity index (χ2n) is 7.94. The van der Waals surface area contributed by atoms with Crippen molar-refractivity contribution in [1.82, 2.24) is 21.0 Å². The number of aliphatic imine (C=N–C) groups is 1. The number of ether oxygens (including phenoxy) is 1. The number of alkyl carbamates (subject to hydrolysis) is 1. The van der Waals surface area contributed by atoms with Gasteiger partial charge in [0, 0.05) is 30.2 Å². The van der Waals surface area contributed by atoms with Gasteiger partial charge in [-0.05, 0) is 36.5 Å². The van der Waals surface area contributed by atoms with Gasteiger partial charge in [-0.2, -0.15) is 0 Å². The van der Waals surface area contributed by atoms with Gasteiger partial charge in [-0.3, -0.25) is 4.79 Å². The third-order valence-corrected chi connectivity index (χ3v) is 5.33. The van der Waals surface area contributed by atoms with Crippen LogP contribution in [0.2, 0.25) is 0 Å². The Morgan fingerprint density at radius 3 is 2.67 bits per heavy atom. The van der Waals surface area contributed by atoms with Gasteiger partial charge in [0.1, 0.15) is 12.6 Å². The average molecular weight is 496 g/mol. The maximum Gasteiger partial charge on any atom is 0.408 e. The minimum Gasteiger partial charge on any atom is -0.445 e. The van der Waals surface area contributed by atoms with Gasteiger partial charge < -0.3 is 26.1 Å². The minimum atomic E-state index is -0.879. The zero-order valence-corrected chi connectivity index (χ0v) is 19.6. The number of hydrazine groups is 1. The summed E-state index contributed by atoms with van der Waals surface area (Å²) in [7, 11) is 0. The van der Waals surface area contributed by atoms with E-state index in [2.05, 4.69) is 20.6 Å². The number of benzene rings is 2. The number of carbonyl (C=O) groups is 2. The van der Waals surface area contributed by atoms with Crippen LogP contribution in [0.15, 0.2) is 65.8 Å². The van der Waals surface area contributed by atoms with Crippen molar-refractivity contribution < 1.29 is 19.4 Å². The van der Waals surface area contributed by atoms with Crippen LogP contribution in [0.25, 0.3) is 10.9 Å². The number of rotatable bonds is 12. The molecule has 0 radical (unpaired) electrons. The number of nitro groups is 1. The van der Waals surface area contributed by atoms with E-state index in [0.29, 0.717) is 19.4 Å². The fraction of sp³-hybridized carbons (Fsp3) is 0.292. The Balaban J connectivity index is 1.53. The van der Waals surface area contributed by atoms with Gasteiger partial charge >= 0.3 is 6.09 Å². The van der Waals surface area contributed by atoms with Crippen molar-refractivity contribution in [1.29, 1.82) is 0 Å². The second-order valence-corrected chi connectivity index (χ2v) is 7.94. The lowest BCUT2D eigenvalue weighted by Crippen LogP contribution is -2.47. The summed E-state index contributed by atoms with van der Waals surface area (Å²) in [5.41, 5.74) is 10.1. The standard InChI is InChI=1S/C24H29N7O5/c25-23(30-31(34)35)27-13-6-11-21(29-24(33)36-16-17-7-2-1-3-8-17)22(32)26-14-12-18-15-28-20-10-5-4-9-19(18)20/h1-5,7-10,15,21,28H,6,11-14,16H2,(H,26,32)(H,29,33)(H3,25,27,30). The third-order valence-electron chi connectivity index (χ3n) is 5.33.